The van der Waals surface area contributed by atoms with Crippen molar-refractivity contribution in [1.29, 1.82) is 0 Å². The van der Waals surface area contributed by atoms with Crippen LogP contribution in [0.3, 0.4) is 0 Å². The molecule has 0 atom stereocenters. The summed E-state index contributed by atoms with van der Waals surface area (Å²) >= 11 is 13.9. The van der Waals surface area contributed by atoms with Gasteiger partial charge in [-0.05, 0) is 42.4 Å². The van der Waals surface area contributed by atoms with E-state index in [9.17, 15) is 0 Å². The average molecular weight is 291 g/mol. The Morgan fingerprint density at radius 2 is 1.88 bits per heavy atom. The van der Waals surface area contributed by atoms with E-state index in [4.69, 9.17) is 28.9 Å². The van der Waals surface area contributed by atoms with Gasteiger partial charge in [-0.1, -0.05) is 23.2 Å². The molecule has 0 amide bonds. The highest BCUT2D eigenvalue weighted by molar-refractivity contribution is 7.99. The normalized spacial score (nSPS) is 17.1. The minimum atomic E-state index is 0.504. The zero-order chi connectivity index (χ0) is 12.3. The summed E-state index contributed by atoms with van der Waals surface area (Å²) in [4.78, 5) is 0. The van der Waals surface area contributed by atoms with Gasteiger partial charge in [0.1, 0.15) is 0 Å². The van der Waals surface area contributed by atoms with Crippen molar-refractivity contribution in [1.82, 2.24) is 0 Å². The van der Waals surface area contributed by atoms with Crippen molar-refractivity contribution in [2.75, 3.05) is 29.1 Å². The van der Waals surface area contributed by atoms with Gasteiger partial charge in [0.05, 0.1) is 21.4 Å². The van der Waals surface area contributed by atoms with Gasteiger partial charge in [-0.3, -0.25) is 0 Å². The fourth-order valence-corrected chi connectivity index (χ4v) is 3.46. The lowest BCUT2D eigenvalue weighted by Crippen LogP contribution is -2.19. The van der Waals surface area contributed by atoms with E-state index in [0.717, 1.165) is 18.2 Å². The Bertz CT molecular complexity index is 392. The molecular weight excluding hydrogens is 275 g/mol. The van der Waals surface area contributed by atoms with Crippen LogP contribution in [-0.4, -0.2) is 18.1 Å². The van der Waals surface area contributed by atoms with Gasteiger partial charge >= 0.3 is 0 Å². The predicted octanol–water partition coefficient (Wildman–Crippen LogP) is 4.13. The lowest BCUT2D eigenvalue weighted by molar-refractivity contribution is 0.516. The zero-order valence-corrected chi connectivity index (χ0v) is 11.8. The van der Waals surface area contributed by atoms with E-state index < -0.39 is 0 Å². The number of thioether (sulfide) groups is 1. The van der Waals surface area contributed by atoms with Crippen LogP contribution >= 0.6 is 35.0 Å². The molecule has 1 aromatic carbocycles. The highest BCUT2D eigenvalue weighted by Crippen LogP contribution is 2.31. The molecular formula is C12H16Cl2N2S. The summed E-state index contributed by atoms with van der Waals surface area (Å²) in [5.41, 5.74) is 7.44. The second-order valence-electron chi connectivity index (χ2n) is 4.29. The number of hydrogen-bond donors (Lipinski definition) is 2. The van der Waals surface area contributed by atoms with Crippen molar-refractivity contribution in [3.8, 4) is 0 Å². The van der Waals surface area contributed by atoms with Crippen LogP contribution in [-0.2, 0) is 0 Å². The Labute approximate surface area is 116 Å². The topological polar surface area (TPSA) is 38.0 Å². The van der Waals surface area contributed by atoms with E-state index in [2.05, 4.69) is 5.32 Å². The summed E-state index contributed by atoms with van der Waals surface area (Å²) in [6.07, 6.45) is 2.55. The molecule has 17 heavy (non-hydrogen) atoms. The summed E-state index contributed by atoms with van der Waals surface area (Å²) < 4.78 is 0. The fourth-order valence-electron chi connectivity index (χ4n) is 1.92. The summed E-state index contributed by atoms with van der Waals surface area (Å²) in [5.74, 6) is 3.27. The van der Waals surface area contributed by atoms with Crippen LogP contribution < -0.4 is 11.1 Å². The number of nitrogens with one attached hydrogen (secondary N) is 1. The molecule has 1 aromatic rings. The van der Waals surface area contributed by atoms with Gasteiger partial charge in [0.25, 0.3) is 0 Å². The van der Waals surface area contributed by atoms with Crippen molar-refractivity contribution in [3.63, 3.8) is 0 Å². The summed E-state index contributed by atoms with van der Waals surface area (Å²) in [7, 11) is 0. The molecule has 3 N–H and O–H groups in total. The molecule has 1 fully saturated rings. The van der Waals surface area contributed by atoms with Gasteiger partial charge in [0.15, 0.2) is 0 Å². The smallest absolute Gasteiger partial charge is 0.0614 e. The van der Waals surface area contributed by atoms with Crippen LogP contribution in [0.4, 0.5) is 11.4 Å². The number of benzene rings is 1. The van der Waals surface area contributed by atoms with Crippen molar-refractivity contribution in [2.24, 2.45) is 5.92 Å². The van der Waals surface area contributed by atoms with Gasteiger partial charge in [0.2, 0.25) is 0 Å². The Balaban J connectivity index is 1.96. The molecule has 0 bridgehead atoms. The van der Waals surface area contributed by atoms with E-state index in [1.54, 1.807) is 12.1 Å². The van der Waals surface area contributed by atoms with Gasteiger partial charge in [-0.15, -0.1) is 0 Å². The van der Waals surface area contributed by atoms with Gasteiger partial charge in [-0.2, -0.15) is 11.8 Å². The lowest BCUT2D eigenvalue weighted by atomic mass is 10.0. The molecule has 1 aliphatic heterocycles. The monoisotopic (exact) mass is 290 g/mol. The number of halogens is 2. The maximum Gasteiger partial charge on any atom is 0.0614 e. The molecule has 0 aliphatic carbocycles. The van der Waals surface area contributed by atoms with Crippen LogP contribution in [0.5, 0.6) is 0 Å². The quantitative estimate of drug-likeness (QED) is 0.822. The number of nitrogen functional groups attached to an aromatic ring is 1. The Morgan fingerprint density at radius 1 is 1.24 bits per heavy atom. The first kappa shape index (κ1) is 13.2. The average Bonchev–Trinajstić information content (AvgIpc) is 2.33. The third-order valence-electron chi connectivity index (χ3n) is 3.01. The molecule has 1 heterocycles. The molecule has 0 radical (unpaired) electrons. The van der Waals surface area contributed by atoms with Gasteiger partial charge in [0, 0.05) is 6.54 Å². The van der Waals surface area contributed by atoms with Crippen LogP contribution in [0, 0.1) is 5.92 Å². The third-order valence-corrected chi connectivity index (χ3v) is 4.79. The first-order valence-corrected chi connectivity index (χ1v) is 7.64. The molecule has 0 unspecified atom stereocenters. The summed E-state index contributed by atoms with van der Waals surface area (Å²) in [5, 5.41) is 4.42. The summed E-state index contributed by atoms with van der Waals surface area (Å²) in [6, 6.07) is 3.50. The van der Waals surface area contributed by atoms with Crippen LogP contribution in [0.1, 0.15) is 12.8 Å². The number of hydrogen-bond acceptors (Lipinski definition) is 3. The number of anilines is 2. The second-order valence-corrected chi connectivity index (χ2v) is 6.33. The Kier molecular flexibility index (Phi) is 4.71. The highest BCUT2D eigenvalue weighted by Gasteiger charge is 2.14. The highest BCUT2D eigenvalue weighted by atomic mass is 35.5. The predicted molar refractivity (Wildman–Crippen MR) is 79.4 cm³/mol. The van der Waals surface area contributed by atoms with Crippen molar-refractivity contribution >= 4 is 46.3 Å². The molecule has 5 heteroatoms. The molecule has 94 valence electrons. The third kappa shape index (κ3) is 3.60. The first-order valence-electron chi connectivity index (χ1n) is 5.73. The molecule has 2 nitrogen and oxygen atoms in total. The summed E-state index contributed by atoms with van der Waals surface area (Å²) in [6.45, 7) is 0.961. The fraction of sp³-hybridized carbons (Fsp3) is 0.500. The number of nitrogens with two attached hydrogens (primary N) is 1. The van der Waals surface area contributed by atoms with E-state index in [1.165, 1.54) is 24.3 Å². The Morgan fingerprint density at radius 3 is 2.59 bits per heavy atom. The van der Waals surface area contributed by atoms with Crippen LogP contribution in [0.2, 0.25) is 10.0 Å². The van der Waals surface area contributed by atoms with Crippen molar-refractivity contribution in [2.45, 2.75) is 12.8 Å². The molecule has 0 saturated carbocycles. The van der Waals surface area contributed by atoms with Gasteiger partial charge < -0.3 is 11.1 Å². The van der Waals surface area contributed by atoms with Crippen LogP contribution in [0.15, 0.2) is 12.1 Å². The minimum absolute atomic E-state index is 0.504. The van der Waals surface area contributed by atoms with Crippen molar-refractivity contribution in [3.05, 3.63) is 22.2 Å². The molecule has 1 aliphatic rings. The van der Waals surface area contributed by atoms with E-state index in [1.807, 2.05) is 11.8 Å². The molecule has 0 aromatic heterocycles. The van der Waals surface area contributed by atoms with E-state index >= 15 is 0 Å². The SMILES string of the molecule is Nc1cc(Cl)c(Cl)cc1NCC1CCSCC1. The molecule has 2 rings (SSSR count). The van der Waals surface area contributed by atoms with E-state index in [0.29, 0.717) is 15.7 Å². The molecule has 0 spiro atoms. The minimum Gasteiger partial charge on any atom is -0.397 e. The standard InChI is InChI=1S/C12H16Cl2N2S/c13-9-5-11(15)12(6-10(9)14)16-7-8-1-3-17-4-2-8/h5-6,8,16H,1-4,7,15H2. The largest absolute Gasteiger partial charge is 0.397 e. The van der Waals surface area contributed by atoms with Crippen molar-refractivity contribution < 1.29 is 0 Å². The lowest BCUT2D eigenvalue weighted by Gasteiger charge is -2.22. The van der Waals surface area contributed by atoms with Gasteiger partial charge in [-0.25, -0.2) is 0 Å². The van der Waals surface area contributed by atoms with E-state index in [-0.39, 0.29) is 0 Å². The maximum absolute atomic E-state index is 5.98. The number of rotatable bonds is 3. The maximum atomic E-state index is 5.98. The zero-order valence-electron chi connectivity index (χ0n) is 9.51. The first-order chi connectivity index (χ1) is 8.16. The van der Waals surface area contributed by atoms with Crippen LogP contribution in [0.25, 0.3) is 0 Å². The molecule has 1 saturated heterocycles. The Hall–Kier alpha value is -0.250. The second kappa shape index (κ2) is 6.07.